The van der Waals surface area contributed by atoms with Gasteiger partial charge in [0.05, 0.1) is 16.9 Å². The molecule has 8 nitrogen and oxygen atoms in total. The lowest BCUT2D eigenvalue weighted by atomic mass is 9.92. The van der Waals surface area contributed by atoms with Crippen molar-refractivity contribution in [3.05, 3.63) is 100 Å². The molecule has 2 amide bonds. The average molecular weight is 548 g/mol. The first kappa shape index (κ1) is 26.4. The Morgan fingerprint density at radius 2 is 1.82 bits per heavy atom. The van der Waals surface area contributed by atoms with Crippen LogP contribution >= 0.6 is 11.6 Å². The number of para-hydroxylation sites is 1. The van der Waals surface area contributed by atoms with Crippen LogP contribution in [0.5, 0.6) is 5.75 Å². The minimum atomic E-state index is -0.481. The van der Waals surface area contributed by atoms with E-state index in [1.807, 2.05) is 63.2 Å². The number of hydrogen-bond acceptors (Lipinski definition) is 4. The fourth-order valence-corrected chi connectivity index (χ4v) is 4.33. The van der Waals surface area contributed by atoms with Crippen LogP contribution in [0, 0.1) is 5.82 Å². The zero-order valence-electron chi connectivity index (χ0n) is 22.1. The SMILES string of the molecule is CC(C)(C)c1cc(NC(=O)NCc2cc(F)ccc2O[N+]2(C)N=Cc3ccccc32)n(-c2ccc(Cl)cc2)n1. The van der Waals surface area contributed by atoms with Gasteiger partial charge in [-0.25, -0.2) is 13.9 Å². The first-order valence-electron chi connectivity index (χ1n) is 12.4. The van der Waals surface area contributed by atoms with E-state index in [0.29, 0.717) is 22.2 Å². The molecule has 200 valence electrons. The Kier molecular flexibility index (Phi) is 6.88. The molecule has 1 atom stereocenters. The number of anilines is 1. The van der Waals surface area contributed by atoms with Crippen LogP contribution in [0.2, 0.25) is 5.02 Å². The molecule has 0 saturated carbocycles. The molecule has 0 bridgehead atoms. The van der Waals surface area contributed by atoms with Crippen molar-refractivity contribution in [1.29, 1.82) is 0 Å². The molecular formula is C29H29ClFN6O2+. The first-order chi connectivity index (χ1) is 18.5. The van der Waals surface area contributed by atoms with Crippen LogP contribution in [-0.2, 0) is 12.0 Å². The second kappa shape index (κ2) is 10.2. The summed E-state index contributed by atoms with van der Waals surface area (Å²) < 4.78 is 15.7. The molecule has 4 aromatic rings. The van der Waals surface area contributed by atoms with Crippen LogP contribution in [0.4, 0.5) is 20.7 Å². The number of fused-ring (bicyclic) bond motifs is 1. The van der Waals surface area contributed by atoms with E-state index >= 15 is 0 Å². The zero-order valence-corrected chi connectivity index (χ0v) is 22.8. The summed E-state index contributed by atoms with van der Waals surface area (Å²) in [7, 11) is 1.79. The predicted octanol–water partition coefficient (Wildman–Crippen LogP) is 6.56. The number of quaternary nitrogens is 1. The highest BCUT2D eigenvalue weighted by Crippen LogP contribution is 2.33. The number of halogens is 2. The molecule has 0 spiro atoms. The second-order valence-corrected chi connectivity index (χ2v) is 10.8. The topological polar surface area (TPSA) is 80.5 Å². The molecule has 1 aliphatic heterocycles. The van der Waals surface area contributed by atoms with Crippen LogP contribution in [0.1, 0.15) is 37.6 Å². The van der Waals surface area contributed by atoms with Gasteiger partial charge in [-0.15, -0.1) is 0 Å². The number of amides is 2. The molecular weight excluding hydrogens is 519 g/mol. The van der Waals surface area contributed by atoms with Gasteiger partial charge in [0.1, 0.15) is 24.9 Å². The van der Waals surface area contributed by atoms with Crippen LogP contribution in [0.3, 0.4) is 0 Å². The number of nitrogens with one attached hydrogen (secondary N) is 2. The number of nitrogens with zero attached hydrogens (tertiary/aromatic N) is 4. The van der Waals surface area contributed by atoms with E-state index in [9.17, 15) is 9.18 Å². The molecule has 3 aromatic carbocycles. The smallest absolute Gasteiger partial charge is 0.320 e. The predicted molar refractivity (Wildman–Crippen MR) is 152 cm³/mol. The van der Waals surface area contributed by atoms with Crippen molar-refractivity contribution in [2.24, 2.45) is 5.10 Å². The Hall–Kier alpha value is -4.21. The minimum Gasteiger partial charge on any atom is -0.334 e. The third-order valence-electron chi connectivity index (χ3n) is 6.33. The summed E-state index contributed by atoms with van der Waals surface area (Å²) in [5.74, 6) is 0.439. The van der Waals surface area contributed by atoms with E-state index in [1.165, 1.54) is 18.2 Å². The van der Waals surface area contributed by atoms with Gasteiger partial charge in [0.15, 0.2) is 5.75 Å². The molecule has 1 aromatic heterocycles. The van der Waals surface area contributed by atoms with Gasteiger partial charge in [-0.1, -0.05) is 44.5 Å². The molecule has 10 heteroatoms. The van der Waals surface area contributed by atoms with E-state index in [-0.39, 0.29) is 16.7 Å². The van der Waals surface area contributed by atoms with Crippen molar-refractivity contribution in [2.45, 2.75) is 32.7 Å². The first-order valence-corrected chi connectivity index (χ1v) is 12.8. The van der Waals surface area contributed by atoms with Crippen LogP contribution in [0.25, 0.3) is 5.69 Å². The Morgan fingerprint density at radius 1 is 1.08 bits per heavy atom. The van der Waals surface area contributed by atoms with E-state index in [4.69, 9.17) is 21.5 Å². The van der Waals surface area contributed by atoms with Gasteiger partial charge in [0, 0.05) is 39.4 Å². The zero-order chi connectivity index (χ0) is 27.8. The molecule has 0 radical (unpaired) electrons. The summed E-state index contributed by atoms with van der Waals surface area (Å²) in [6.07, 6.45) is 1.74. The third-order valence-corrected chi connectivity index (χ3v) is 6.58. The maximum atomic E-state index is 14.2. The number of hydrogen-bond donors (Lipinski definition) is 2. The molecule has 0 saturated heterocycles. The molecule has 1 aliphatic rings. The van der Waals surface area contributed by atoms with Crippen molar-refractivity contribution in [2.75, 3.05) is 12.4 Å². The number of carbonyl (C=O) groups is 1. The molecule has 5 rings (SSSR count). The van der Waals surface area contributed by atoms with Gasteiger partial charge in [0.2, 0.25) is 5.69 Å². The van der Waals surface area contributed by atoms with Gasteiger partial charge in [0.25, 0.3) is 0 Å². The average Bonchev–Trinajstić information content (AvgIpc) is 3.46. The number of benzene rings is 3. The number of rotatable bonds is 6. The normalized spacial score (nSPS) is 16.2. The lowest BCUT2D eigenvalue weighted by Gasteiger charge is -2.23. The molecule has 2 N–H and O–H groups in total. The number of carbonyl (C=O) groups excluding carboxylic acids is 1. The van der Waals surface area contributed by atoms with Gasteiger partial charge >= 0.3 is 6.03 Å². The highest BCUT2D eigenvalue weighted by Gasteiger charge is 2.36. The highest BCUT2D eigenvalue weighted by atomic mass is 35.5. The molecule has 0 aliphatic carbocycles. The van der Waals surface area contributed by atoms with Crippen molar-refractivity contribution >= 4 is 35.4 Å². The van der Waals surface area contributed by atoms with Crippen LogP contribution in [0.15, 0.2) is 77.9 Å². The maximum Gasteiger partial charge on any atom is 0.320 e. The summed E-state index contributed by atoms with van der Waals surface area (Å²) in [6.45, 7) is 6.15. The molecule has 0 fully saturated rings. The summed E-state index contributed by atoms with van der Waals surface area (Å²) in [5.41, 5.74) is 3.56. The lowest BCUT2D eigenvalue weighted by molar-refractivity contribution is -0.0179. The van der Waals surface area contributed by atoms with Crippen LogP contribution < -0.4 is 20.2 Å². The van der Waals surface area contributed by atoms with Gasteiger partial charge in [-0.2, -0.15) is 5.10 Å². The summed E-state index contributed by atoms with van der Waals surface area (Å²) in [4.78, 5) is 19.2. The van der Waals surface area contributed by atoms with Gasteiger partial charge in [-0.05, 0) is 53.6 Å². The van der Waals surface area contributed by atoms with E-state index in [2.05, 4.69) is 15.7 Å². The number of aromatic nitrogens is 2. The van der Waals surface area contributed by atoms with Crippen molar-refractivity contribution in [1.82, 2.24) is 19.9 Å². The lowest BCUT2D eigenvalue weighted by Crippen LogP contribution is -2.41. The Balaban J connectivity index is 1.34. The summed E-state index contributed by atoms with van der Waals surface area (Å²) >= 11 is 6.06. The third kappa shape index (κ3) is 5.64. The standard InChI is InChI=1S/C29H28ClFN6O2/c1-29(2,3)26-16-27(36(35-26)23-12-9-21(30)10-13-23)34-28(38)32-17-20-15-22(31)11-14-25(20)39-37(4)24-8-6-5-7-19(24)18-33-37/h5-16,18H,17H2,1-4H3,(H-,32,34,35,38)/p+1. The quantitative estimate of drug-likeness (QED) is 0.268. The van der Waals surface area contributed by atoms with E-state index < -0.39 is 11.8 Å². The van der Waals surface area contributed by atoms with E-state index in [0.717, 1.165) is 22.6 Å². The Bertz CT molecular complexity index is 1560. The fourth-order valence-electron chi connectivity index (χ4n) is 4.20. The maximum absolute atomic E-state index is 14.2. The second-order valence-electron chi connectivity index (χ2n) is 10.4. The van der Waals surface area contributed by atoms with E-state index in [1.54, 1.807) is 30.1 Å². The monoisotopic (exact) mass is 547 g/mol. The largest absolute Gasteiger partial charge is 0.334 e. The minimum absolute atomic E-state index is 0.0193. The van der Waals surface area contributed by atoms with Crippen molar-refractivity contribution < 1.29 is 14.0 Å². The van der Waals surface area contributed by atoms with Crippen molar-refractivity contribution in [3.63, 3.8) is 0 Å². The Labute approximate surface area is 231 Å². The molecule has 39 heavy (non-hydrogen) atoms. The van der Waals surface area contributed by atoms with Crippen LogP contribution in [-0.4, -0.2) is 29.1 Å². The summed E-state index contributed by atoms with van der Waals surface area (Å²) in [6, 6.07) is 20.4. The van der Waals surface area contributed by atoms with Gasteiger partial charge < -0.3 is 5.32 Å². The molecule has 2 heterocycles. The number of hydroxylamine groups is 1. The van der Waals surface area contributed by atoms with Crippen molar-refractivity contribution in [3.8, 4) is 11.4 Å². The highest BCUT2D eigenvalue weighted by molar-refractivity contribution is 6.30. The van der Waals surface area contributed by atoms with Gasteiger partial charge in [-0.3, -0.25) is 10.2 Å². The fraction of sp³-hybridized carbons (Fsp3) is 0.207. The molecule has 1 unspecified atom stereocenters. The Morgan fingerprint density at radius 3 is 2.56 bits per heavy atom. The summed E-state index contributed by atoms with van der Waals surface area (Å²) in [5, 5.41) is 15.5. The number of urea groups is 1.